The van der Waals surface area contributed by atoms with Crippen LogP contribution >= 0.6 is 11.8 Å². The predicted molar refractivity (Wildman–Crippen MR) is 190 cm³/mol. The molecule has 0 bridgehead atoms. The van der Waals surface area contributed by atoms with Crippen LogP contribution in [0.15, 0.2) is 150 Å². The molecule has 1 fully saturated rings. The third kappa shape index (κ3) is 7.30. The standard InChI is InChI=1S/C39H38N2O4S2/c42-38(43)37(40-47(44,45)36-19-11-4-12-20-36)29-46-39(32-15-7-2-8-16-32,33-17-9-3-10-18-33)34-21-23-35(24-22-34)41-27-25-31(26-28-41)30-13-5-1-6-14-30/h1-24,31,37,40H,25-29H2,(H,42,43). The van der Waals surface area contributed by atoms with E-state index < -0.39 is 26.8 Å². The lowest BCUT2D eigenvalue weighted by Gasteiger charge is -2.37. The summed E-state index contributed by atoms with van der Waals surface area (Å²) in [6, 6.07) is 45.8. The Morgan fingerprint density at radius 3 is 1.70 bits per heavy atom. The minimum absolute atomic E-state index is 0.0140. The fraction of sp³-hybridized carbons (Fsp3) is 0.205. The van der Waals surface area contributed by atoms with E-state index >= 15 is 0 Å². The van der Waals surface area contributed by atoms with E-state index in [0.717, 1.165) is 48.3 Å². The number of benzene rings is 5. The molecule has 2 N–H and O–H groups in total. The molecule has 1 aliphatic rings. The molecule has 240 valence electrons. The summed E-state index contributed by atoms with van der Waals surface area (Å²) in [5, 5.41) is 10.2. The zero-order valence-electron chi connectivity index (χ0n) is 26.0. The number of carboxylic acid groups (broad SMARTS) is 1. The molecule has 0 amide bonds. The Bertz CT molecular complexity index is 1810. The number of piperidine rings is 1. The Balaban J connectivity index is 1.32. The number of carboxylic acids is 1. The Morgan fingerprint density at radius 2 is 1.19 bits per heavy atom. The Labute approximate surface area is 281 Å². The number of carbonyl (C=O) groups is 1. The molecule has 6 nitrogen and oxygen atoms in total. The first-order valence-electron chi connectivity index (χ1n) is 15.8. The lowest BCUT2D eigenvalue weighted by atomic mass is 9.84. The summed E-state index contributed by atoms with van der Waals surface area (Å²) < 4.78 is 28.0. The quantitative estimate of drug-likeness (QED) is 0.134. The topological polar surface area (TPSA) is 86.7 Å². The number of rotatable bonds is 12. The van der Waals surface area contributed by atoms with Crippen LogP contribution in [0.4, 0.5) is 5.69 Å². The summed E-state index contributed by atoms with van der Waals surface area (Å²) in [4.78, 5) is 15.0. The molecule has 0 saturated carbocycles. The summed E-state index contributed by atoms with van der Waals surface area (Å²) in [5.74, 6) is -0.686. The van der Waals surface area contributed by atoms with E-state index in [-0.39, 0.29) is 10.6 Å². The van der Waals surface area contributed by atoms with Crippen LogP contribution in [0.2, 0.25) is 0 Å². The van der Waals surface area contributed by atoms with Crippen molar-refractivity contribution in [3.05, 3.63) is 168 Å². The summed E-state index contributed by atoms with van der Waals surface area (Å²) >= 11 is 1.42. The Kier molecular flexibility index (Phi) is 10.1. The lowest BCUT2D eigenvalue weighted by molar-refractivity contribution is -0.138. The van der Waals surface area contributed by atoms with E-state index in [4.69, 9.17) is 0 Å². The number of anilines is 1. The summed E-state index contributed by atoms with van der Waals surface area (Å²) in [6.45, 7) is 1.94. The van der Waals surface area contributed by atoms with Gasteiger partial charge in [0, 0.05) is 24.5 Å². The van der Waals surface area contributed by atoms with Gasteiger partial charge in [0.25, 0.3) is 0 Å². The average Bonchev–Trinajstić information content (AvgIpc) is 3.13. The lowest BCUT2D eigenvalue weighted by Crippen LogP contribution is -2.43. The highest BCUT2D eigenvalue weighted by Gasteiger charge is 2.39. The van der Waals surface area contributed by atoms with E-state index in [1.807, 2.05) is 60.7 Å². The van der Waals surface area contributed by atoms with Gasteiger partial charge in [0.1, 0.15) is 6.04 Å². The monoisotopic (exact) mass is 662 g/mol. The molecule has 6 rings (SSSR count). The number of hydrogen-bond donors (Lipinski definition) is 2. The first kappa shape index (κ1) is 32.6. The zero-order chi connectivity index (χ0) is 32.7. The van der Waals surface area contributed by atoms with Crippen molar-refractivity contribution in [2.75, 3.05) is 23.7 Å². The van der Waals surface area contributed by atoms with Gasteiger partial charge in [-0.1, -0.05) is 121 Å². The molecule has 5 aromatic rings. The van der Waals surface area contributed by atoms with Crippen LogP contribution < -0.4 is 9.62 Å². The molecule has 0 aromatic heterocycles. The maximum Gasteiger partial charge on any atom is 0.322 e. The van der Waals surface area contributed by atoms with E-state index in [9.17, 15) is 18.3 Å². The smallest absolute Gasteiger partial charge is 0.322 e. The van der Waals surface area contributed by atoms with Crippen LogP contribution in [-0.2, 0) is 19.6 Å². The number of nitrogens with one attached hydrogen (secondary N) is 1. The number of nitrogens with zero attached hydrogens (tertiary/aromatic N) is 1. The highest BCUT2D eigenvalue weighted by molar-refractivity contribution is 8.00. The maximum absolute atomic E-state index is 13.2. The molecule has 1 aliphatic heterocycles. The van der Waals surface area contributed by atoms with Gasteiger partial charge in [0.05, 0.1) is 9.64 Å². The number of aliphatic carboxylic acids is 1. The molecular formula is C39H38N2O4S2. The third-order valence-electron chi connectivity index (χ3n) is 8.88. The number of hydrogen-bond acceptors (Lipinski definition) is 5. The van der Waals surface area contributed by atoms with E-state index in [2.05, 4.69) is 64.2 Å². The summed E-state index contributed by atoms with van der Waals surface area (Å²) in [5.41, 5.74) is 5.49. The van der Waals surface area contributed by atoms with Crippen LogP contribution in [0.25, 0.3) is 0 Å². The van der Waals surface area contributed by atoms with Crippen LogP contribution in [-0.4, -0.2) is 44.4 Å². The second-order valence-corrected chi connectivity index (χ2v) is 14.7. The van der Waals surface area contributed by atoms with E-state index in [1.54, 1.807) is 18.2 Å². The molecule has 8 heteroatoms. The predicted octanol–water partition coefficient (Wildman–Crippen LogP) is 7.53. The van der Waals surface area contributed by atoms with Gasteiger partial charge >= 0.3 is 5.97 Å². The molecular weight excluding hydrogens is 625 g/mol. The largest absolute Gasteiger partial charge is 0.480 e. The maximum atomic E-state index is 13.2. The van der Waals surface area contributed by atoms with Gasteiger partial charge in [-0.3, -0.25) is 4.79 Å². The molecule has 1 atom stereocenters. The van der Waals surface area contributed by atoms with Crippen molar-refractivity contribution < 1.29 is 18.3 Å². The average molecular weight is 663 g/mol. The molecule has 0 aliphatic carbocycles. The second kappa shape index (κ2) is 14.6. The SMILES string of the molecule is O=C(O)C(CSC(c1ccccc1)(c1ccccc1)c1ccc(N2CCC(c3ccccc3)CC2)cc1)NS(=O)(=O)c1ccccc1. The molecule has 1 heterocycles. The third-order valence-corrected chi connectivity index (χ3v) is 12.0. The fourth-order valence-corrected chi connectivity index (χ4v) is 9.28. The molecule has 1 saturated heterocycles. The molecule has 1 unspecified atom stereocenters. The van der Waals surface area contributed by atoms with Crippen LogP contribution in [0.5, 0.6) is 0 Å². The van der Waals surface area contributed by atoms with Crippen molar-refractivity contribution >= 4 is 33.4 Å². The zero-order valence-corrected chi connectivity index (χ0v) is 27.6. The second-order valence-electron chi connectivity index (χ2n) is 11.8. The number of thioether (sulfide) groups is 1. The summed E-state index contributed by atoms with van der Waals surface area (Å²) in [6.07, 6.45) is 2.18. The van der Waals surface area contributed by atoms with Crippen molar-refractivity contribution in [2.24, 2.45) is 0 Å². The van der Waals surface area contributed by atoms with Gasteiger partial charge in [-0.05, 0) is 65.3 Å². The Hall–Kier alpha value is -4.37. The van der Waals surface area contributed by atoms with Gasteiger partial charge in [-0.25, -0.2) is 8.42 Å². The Morgan fingerprint density at radius 1 is 0.723 bits per heavy atom. The van der Waals surface area contributed by atoms with Crippen molar-refractivity contribution in [1.29, 1.82) is 0 Å². The minimum atomic E-state index is -4.06. The van der Waals surface area contributed by atoms with E-state index in [0.29, 0.717) is 5.92 Å². The molecule has 0 spiro atoms. The van der Waals surface area contributed by atoms with Crippen molar-refractivity contribution in [3.63, 3.8) is 0 Å². The normalized spacial score (nSPS) is 14.9. The first-order valence-corrected chi connectivity index (χ1v) is 18.3. The van der Waals surface area contributed by atoms with Crippen molar-refractivity contribution in [3.8, 4) is 0 Å². The fourth-order valence-electron chi connectivity index (χ4n) is 6.42. The van der Waals surface area contributed by atoms with Crippen LogP contribution in [0, 0.1) is 0 Å². The first-order chi connectivity index (χ1) is 22.9. The van der Waals surface area contributed by atoms with Crippen molar-refractivity contribution in [1.82, 2.24) is 4.72 Å². The molecule has 47 heavy (non-hydrogen) atoms. The molecule has 0 radical (unpaired) electrons. The molecule has 5 aromatic carbocycles. The highest BCUT2D eigenvalue weighted by atomic mass is 32.2. The number of sulfonamides is 1. The minimum Gasteiger partial charge on any atom is -0.480 e. The highest BCUT2D eigenvalue weighted by Crippen LogP contribution is 2.49. The van der Waals surface area contributed by atoms with Gasteiger partial charge in [-0.15, -0.1) is 11.8 Å². The van der Waals surface area contributed by atoms with Gasteiger partial charge in [-0.2, -0.15) is 4.72 Å². The van der Waals surface area contributed by atoms with Crippen molar-refractivity contribution in [2.45, 2.75) is 34.4 Å². The van der Waals surface area contributed by atoms with Crippen LogP contribution in [0.1, 0.15) is 41.0 Å². The van der Waals surface area contributed by atoms with Gasteiger partial charge in [0.2, 0.25) is 10.0 Å². The summed E-state index contributed by atoms with van der Waals surface area (Å²) in [7, 11) is -4.06. The van der Waals surface area contributed by atoms with Gasteiger partial charge < -0.3 is 10.0 Å². The van der Waals surface area contributed by atoms with Gasteiger partial charge in [0.15, 0.2) is 0 Å². The van der Waals surface area contributed by atoms with Crippen LogP contribution in [0.3, 0.4) is 0 Å². The van der Waals surface area contributed by atoms with E-state index in [1.165, 1.54) is 29.5 Å².